The zero-order chi connectivity index (χ0) is 15.3. The lowest BCUT2D eigenvalue weighted by atomic mass is 10.1. The first kappa shape index (κ1) is 17.3. The van der Waals surface area contributed by atoms with Gasteiger partial charge in [-0.05, 0) is 44.5 Å². The Morgan fingerprint density at radius 1 is 0.952 bits per heavy atom. The smallest absolute Gasteiger partial charge is 0.287 e. The van der Waals surface area contributed by atoms with Gasteiger partial charge in [0.2, 0.25) is 5.78 Å². The van der Waals surface area contributed by atoms with Crippen molar-refractivity contribution in [2.24, 2.45) is 5.73 Å². The Bertz CT molecular complexity index is 421. The van der Waals surface area contributed by atoms with Gasteiger partial charge in [-0.2, -0.15) is 0 Å². The van der Waals surface area contributed by atoms with Gasteiger partial charge < -0.3 is 16.4 Å². The molecule has 5 heteroatoms. The lowest BCUT2D eigenvalue weighted by molar-refractivity contribution is -0.137. The van der Waals surface area contributed by atoms with E-state index in [-0.39, 0.29) is 6.42 Å². The van der Waals surface area contributed by atoms with Crippen LogP contribution in [-0.2, 0) is 16.0 Å². The normalized spacial score (nSPS) is 10.3. The van der Waals surface area contributed by atoms with Crippen LogP contribution < -0.4 is 16.4 Å². The number of hydrogen-bond acceptors (Lipinski definition) is 4. The number of carbonyl (C=O) groups excluding carboxylic acids is 2. The van der Waals surface area contributed by atoms with Crippen molar-refractivity contribution >= 4 is 11.7 Å². The number of benzene rings is 1. The van der Waals surface area contributed by atoms with Crippen molar-refractivity contribution in [3.63, 3.8) is 0 Å². The van der Waals surface area contributed by atoms with Crippen LogP contribution in [0, 0.1) is 0 Å². The third-order valence-electron chi connectivity index (χ3n) is 3.08. The minimum Gasteiger partial charge on any atom is -0.349 e. The van der Waals surface area contributed by atoms with Gasteiger partial charge >= 0.3 is 0 Å². The molecular formula is C16H25N3O2. The van der Waals surface area contributed by atoms with E-state index in [9.17, 15) is 9.59 Å². The van der Waals surface area contributed by atoms with Crippen LogP contribution in [0.1, 0.15) is 24.8 Å². The first-order chi connectivity index (χ1) is 10.2. The average Bonchev–Trinajstić information content (AvgIpc) is 2.50. The van der Waals surface area contributed by atoms with E-state index in [1.54, 1.807) is 0 Å². The molecule has 21 heavy (non-hydrogen) atoms. The fourth-order valence-corrected chi connectivity index (χ4v) is 1.89. The summed E-state index contributed by atoms with van der Waals surface area (Å²) in [4.78, 5) is 23.3. The van der Waals surface area contributed by atoms with E-state index in [1.807, 2.05) is 30.3 Å². The van der Waals surface area contributed by atoms with Crippen LogP contribution in [0.5, 0.6) is 0 Å². The molecule has 1 aromatic carbocycles. The second kappa shape index (κ2) is 11.0. The Hall–Kier alpha value is -1.72. The lowest BCUT2D eigenvalue weighted by Crippen LogP contribution is -2.34. The molecule has 0 spiro atoms. The highest BCUT2D eigenvalue weighted by Gasteiger charge is 2.12. The van der Waals surface area contributed by atoms with E-state index >= 15 is 0 Å². The van der Waals surface area contributed by atoms with Crippen molar-refractivity contribution < 1.29 is 9.59 Å². The van der Waals surface area contributed by atoms with Gasteiger partial charge in [0.05, 0.1) is 0 Å². The zero-order valence-electron chi connectivity index (χ0n) is 12.4. The van der Waals surface area contributed by atoms with Crippen LogP contribution in [0.3, 0.4) is 0 Å². The Labute approximate surface area is 126 Å². The van der Waals surface area contributed by atoms with Gasteiger partial charge in [0.15, 0.2) is 0 Å². The number of carbonyl (C=O) groups is 2. The number of amides is 1. The molecule has 116 valence electrons. The molecule has 5 nitrogen and oxygen atoms in total. The molecule has 0 radical (unpaired) electrons. The number of rotatable bonds is 11. The van der Waals surface area contributed by atoms with E-state index in [0.29, 0.717) is 6.54 Å². The van der Waals surface area contributed by atoms with Crippen LogP contribution in [0.2, 0.25) is 0 Å². The summed E-state index contributed by atoms with van der Waals surface area (Å²) in [5.74, 6) is -0.890. The van der Waals surface area contributed by atoms with Crippen molar-refractivity contribution in [2.45, 2.75) is 25.7 Å². The summed E-state index contributed by atoms with van der Waals surface area (Å²) >= 11 is 0. The third-order valence-corrected chi connectivity index (χ3v) is 3.08. The molecule has 0 heterocycles. The van der Waals surface area contributed by atoms with Crippen molar-refractivity contribution in [2.75, 3.05) is 26.2 Å². The molecule has 1 aromatic rings. The maximum Gasteiger partial charge on any atom is 0.287 e. The molecule has 0 aliphatic rings. The van der Waals surface area contributed by atoms with Crippen LogP contribution in [0.15, 0.2) is 30.3 Å². The van der Waals surface area contributed by atoms with Gasteiger partial charge in [-0.15, -0.1) is 0 Å². The summed E-state index contributed by atoms with van der Waals surface area (Å²) in [6, 6.07) is 9.29. The molecule has 1 amide bonds. The zero-order valence-corrected chi connectivity index (χ0v) is 12.4. The van der Waals surface area contributed by atoms with E-state index in [2.05, 4.69) is 10.6 Å². The van der Waals surface area contributed by atoms with Crippen LogP contribution in [0.25, 0.3) is 0 Å². The maximum absolute atomic E-state index is 11.7. The number of hydrogen-bond donors (Lipinski definition) is 3. The molecule has 0 aromatic heterocycles. The summed E-state index contributed by atoms with van der Waals surface area (Å²) in [5, 5.41) is 5.93. The van der Waals surface area contributed by atoms with E-state index in [1.165, 1.54) is 0 Å². The predicted octanol–water partition coefficient (Wildman–Crippen LogP) is 0.633. The van der Waals surface area contributed by atoms with Gasteiger partial charge in [-0.1, -0.05) is 30.3 Å². The highest BCUT2D eigenvalue weighted by molar-refractivity contribution is 6.36. The summed E-state index contributed by atoms with van der Waals surface area (Å²) in [6.07, 6.45) is 3.06. The number of unbranched alkanes of at least 4 members (excludes halogenated alkanes) is 1. The molecule has 0 fully saturated rings. The van der Waals surface area contributed by atoms with Gasteiger partial charge in [-0.25, -0.2) is 0 Å². The van der Waals surface area contributed by atoms with Crippen molar-refractivity contribution in [3.8, 4) is 0 Å². The standard InChI is InChI=1S/C16H25N3O2/c17-9-4-5-10-18-11-6-12-19-16(21)15(20)13-14-7-2-1-3-8-14/h1-3,7-8,18H,4-6,9-13,17H2,(H,19,21). The maximum atomic E-state index is 11.7. The Morgan fingerprint density at radius 3 is 2.38 bits per heavy atom. The molecule has 0 unspecified atom stereocenters. The summed E-state index contributed by atoms with van der Waals surface area (Å²) < 4.78 is 0. The van der Waals surface area contributed by atoms with Crippen molar-refractivity contribution in [1.29, 1.82) is 0 Å². The van der Waals surface area contributed by atoms with Crippen LogP contribution in [0.4, 0.5) is 0 Å². The number of Topliss-reactive ketones (excluding diaryl/α,β-unsaturated/α-hetero) is 1. The predicted molar refractivity (Wildman–Crippen MR) is 83.9 cm³/mol. The van der Waals surface area contributed by atoms with E-state index < -0.39 is 11.7 Å². The highest BCUT2D eigenvalue weighted by Crippen LogP contribution is 2.00. The van der Waals surface area contributed by atoms with E-state index in [4.69, 9.17) is 5.73 Å². The van der Waals surface area contributed by atoms with E-state index in [0.717, 1.165) is 44.5 Å². The average molecular weight is 291 g/mol. The van der Waals surface area contributed by atoms with Gasteiger partial charge in [0.1, 0.15) is 0 Å². The Morgan fingerprint density at radius 2 is 1.67 bits per heavy atom. The summed E-state index contributed by atoms with van der Waals surface area (Å²) in [6.45, 7) is 3.01. The third kappa shape index (κ3) is 8.22. The van der Waals surface area contributed by atoms with Gasteiger partial charge in [0.25, 0.3) is 5.91 Å². The second-order valence-corrected chi connectivity index (χ2v) is 4.94. The number of nitrogens with one attached hydrogen (secondary N) is 2. The van der Waals surface area contributed by atoms with Crippen LogP contribution >= 0.6 is 0 Å². The molecule has 0 atom stereocenters. The summed E-state index contributed by atoms with van der Waals surface area (Å²) in [5.41, 5.74) is 6.26. The minimum absolute atomic E-state index is 0.157. The fraction of sp³-hybridized carbons (Fsp3) is 0.500. The minimum atomic E-state index is -0.498. The summed E-state index contributed by atoms with van der Waals surface area (Å²) in [7, 11) is 0. The molecule has 4 N–H and O–H groups in total. The fourth-order valence-electron chi connectivity index (χ4n) is 1.89. The highest BCUT2D eigenvalue weighted by atomic mass is 16.2. The van der Waals surface area contributed by atoms with Gasteiger partial charge in [-0.3, -0.25) is 9.59 Å². The van der Waals surface area contributed by atoms with Crippen molar-refractivity contribution in [1.82, 2.24) is 10.6 Å². The first-order valence-electron chi connectivity index (χ1n) is 7.49. The molecule has 0 saturated carbocycles. The SMILES string of the molecule is NCCCCNCCCNC(=O)C(=O)Cc1ccccc1. The molecule has 0 saturated heterocycles. The quantitative estimate of drug-likeness (QED) is 0.412. The molecule has 0 aliphatic heterocycles. The largest absolute Gasteiger partial charge is 0.349 e. The van der Waals surface area contributed by atoms with Crippen molar-refractivity contribution in [3.05, 3.63) is 35.9 Å². The molecule has 0 bridgehead atoms. The lowest BCUT2D eigenvalue weighted by Gasteiger charge is -2.06. The molecule has 1 rings (SSSR count). The number of ketones is 1. The Kier molecular flexibility index (Phi) is 9.08. The first-order valence-corrected chi connectivity index (χ1v) is 7.49. The van der Waals surface area contributed by atoms with Crippen LogP contribution in [-0.4, -0.2) is 37.9 Å². The second-order valence-electron chi connectivity index (χ2n) is 4.94. The van der Waals surface area contributed by atoms with Gasteiger partial charge in [0, 0.05) is 13.0 Å². The molecular weight excluding hydrogens is 266 g/mol. The molecule has 0 aliphatic carbocycles. The Balaban J connectivity index is 2.06. The topological polar surface area (TPSA) is 84.2 Å². The monoisotopic (exact) mass is 291 g/mol. The number of nitrogens with two attached hydrogens (primary N) is 1.